The van der Waals surface area contributed by atoms with Gasteiger partial charge in [0.2, 0.25) is 5.91 Å². The van der Waals surface area contributed by atoms with Gasteiger partial charge in [-0.15, -0.1) is 11.3 Å². The number of fused-ring (bicyclic) bond motifs is 1. The minimum atomic E-state index is -0.938. The highest BCUT2D eigenvalue weighted by Crippen LogP contribution is 2.40. The summed E-state index contributed by atoms with van der Waals surface area (Å²) in [7, 11) is 0. The second-order valence-corrected chi connectivity index (χ2v) is 10.1. The lowest BCUT2D eigenvalue weighted by Gasteiger charge is -2.34. The van der Waals surface area contributed by atoms with E-state index in [0.717, 1.165) is 37.7 Å². The smallest absolute Gasteiger partial charge is 0.307 e. The molecular formula is C21H30N2O4S. The Morgan fingerprint density at radius 1 is 1.07 bits per heavy atom. The molecule has 2 aliphatic carbocycles. The highest BCUT2D eigenvalue weighted by Gasteiger charge is 2.36. The molecule has 3 atom stereocenters. The van der Waals surface area contributed by atoms with Gasteiger partial charge in [0.15, 0.2) is 0 Å². The maximum Gasteiger partial charge on any atom is 0.307 e. The molecule has 0 aliphatic heterocycles. The number of nitrogens with one attached hydrogen (secondary N) is 2. The van der Waals surface area contributed by atoms with Gasteiger partial charge in [0.05, 0.1) is 17.4 Å². The van der Waals surface area contributed by atoms with E-state index in [1.165, 1.54) is 4.88 Å². The van der Waals surface area contributed by atoms with Crippen LogP contribution in [0.5, 0.6) is 0 Å². The van der Waals surface area contributed by atoms with Gasteiger partial charge in [-0.05, 0) is 49.0 Å². The van der Waals surface area contributed by atoms with E-state index in [1.807, 2.05) is 5.38 Å². The van der Waals surface area contributed by atoms with Gasteiger partial charge < -0.3 is 5.11 Å². The molecule has 154 valence electrons. The molecule has 1 aromatic rings. The number of carboxylic acids is 1. The highest BCUT2D eigenvalue weighted by molar-refractivity contribution is 7.10. The minimum absolute atomic E-state index is 0.249. The van der Waals surface area contributed by atoms with Crippen LogP contribution in [0.2, 0.25) is 0 Å². The summed E-state index contributed by atoms with van der Waals surface area (Å²) in [5.74, 6) is -2.32. The largest absolute Gasteiger partial charge is 0.481 e. The number of rotatable bonds is 3. The Hall–Kier alpha value is -1.89. The van der Waals surface area contributed by atoms with E-state index in [-0.39, 0.29) is 11.3 Å². The number of carbonyl (C=O) groups excluding carboxylic acids is 2. The van der Waals surface area contributed by atoms with Gasteiger partial charge in [-0.2, -0.15) is 0 Å². The molecule has 2 amide bonds. The Morgan fingerprint density at radius 2 is 1.75 bits per heavy atom. The van der Waals surface area contributed by atoms with Crippen LogP contribution in [0.3, 0.4) is 0 Å². The Morgan fingerprint density at radius 3 is 2.39 bits per heavy atom. The van der Waals surface area contributed by atoms with Gasteiger partial charge in [-0.3, -0.25) is 25.2 Å². The van der Waals surface area contributed by atoms with E-state index in [2.05, 4.69) is 31.6 Å². The molecule has 1 aromatic heterocycles. The van der Waals surface area contributed by atoms with Crippen LogP contribution in [0.15, 0.2) is 5.38 Å². The van der Waals surface area contributed by atoms with Crippen LogP contribution in [0.4, 0.5) is 0 Å². The zero-order chi connectivity index (χ0) is 20.5. The standard InChI is InChI=1S/C21H30N2O4S/c1-21(2,3)12-8-9-13-16(11-28-17(13)10-12)19(25)23-22-18(24)14-6-4-5-7-15(14)20(26)27/h11-12,14-15H,4-10H2,1-3H3,(H,22,24)(H,23,25)(H,26,27). The van der Waals surface area contributed by atoms with Crippen LogP contribution in [0.25, 0.3) is 0 Å². The summed E-state index contributed by atoms with van der Waals surface area (Å²) in [6.45, 7) is 6.78. The van der Waals surface area contributed by atoms with Crippen molar-refractivity contribution in [2.75, 3.05) is 0 Å². The lowest BCUT2D eigenvalue weighted by atomic mass is 9.72. The summed E-state index contributed by atoms with van der Waals surface area (Å²) < 4.78 is 0. The molecule has 0 saturated heterocycles. The predicted octanol–water partition coefficient (Wildman–Crippen LogP) is 3.55. The Balaban J connectivity index is 1.61. The van der Waals surface area contributed by atoms with E-state index < -0.39 is 23.7 Å². The molecule has 28 heavy (non-hydrogen) atoms. The number of hydrazine groups is 1. The zero-order valence-corrected chi connectivity index (χ0v) is 17.7. The number of thiophene rings is 1. The van der Waals surface area contributed by atoms with Crippen LogP contribution in [0.1, 0.15) is 73.7 Å². The van der Waals surface area contributed by atoms with Crippen molar-refractivity contribution in [1.29, 1.82) is 0 Å². The fourth-order valence-corrected chi connectivity index (χ4v) is 5.62. The fourth-order valence-electron chi connectivity index (χ4n) is 4.46. The molecule has 3 rings (SSSR count). The van der Waals surface area contributed by atoms with E-state index in [1.54, 1.807) is 11.3 Å². The van der Waals surface area contributed by atoms with Crippen molar-refractivity contribution in [2.24, 2.45) is 23.2 Å². The van der Waals surface area contributed by atoms with Gasteiger partial charge in [-0.25, -0.2) is 0 Å². The van der Waals surface area contributed by atoms with Crippen LogP contribution in [0, 0.1) is 23.2 Å². The third-order valence-corrected chi connectivity index (χ3v) is 7.40. The second kappa shape index (κ2) is 8.23. The molecule has 0 aromatic carbocycles. The summed E-state index contributed by atoms with van der Waals surface area (Å²) >= 11 is 1.62. The van der Waals surface area contributed by atoms with Crippen LogP contribution < -0.4 is 10.9 Å². The van der Waals surface area contributed by atoms with E-state index in [0.29, 0.717) is 24.3 Å². The molecule has 2 aliphatic rings. The number of carbonyl (C=O) groups is 3. The van der Waals surface area contributed by atoms with Gasteiger partial charge in [0, 0.05) is 10.3 Å². The van der Waals surface area contributed by atoms with Crippen molar-refractivity contribution in [3.8, 4) is 0 Å². The van der Waals surface area contributed by atoms with E-state index >= 15 is 0 Å². The molecular weight excluding hydrogens is 376 g/mol. The van der Waals surface area contributed by atoms with E-state index in [9.17, 15) is 19.5 Å². The maximum atomic E-state index is 12.6. The van der Waals surface area contributed by atoms with Crippen molar-refractivity contribution in [1.82, 2.24) is 10.9 Å². The third kappa shape index (κ3) is 4.40. The monoisotopic (exact) mass is 406 g/mol. The Bertz CT molecular complexity index is 765. The quantitative estimate of drug-likeness (QED) is 0.669. The van der Waals surface area contributed by atoms with Crippen LogP contribution >= 0.6 is 11.3 Å². The van der Waals surface area contributed by atoms with Crippen molar-refractivity contribution < 1.29 is 19.5 Å². The van der Waals surface area contributed by atoms with Gasteiger partial charge in [0.25, 0.3) is 5.91 Å². The van der Waals surface area contributed by atoms with Crippen molar-refractivity contribution >= 4 is 29.1 Å². The first-order valence-electron chi connectivity index (χ1n) is 10.1. The first kappa shape index (κ1) is 20.8. The molecule has 6 nitrogen and oxygen atoms in total. The lowest BCUT2D eigenvalue weighted by Crippen LogP contribution is -2.48. The topological polar surface area (TPSA) is 95.5 Å². The molecule has 3 unspecified atom stereocenters. The Kier molecular flexibility index (Phi) is 6.12. The SMILES string of the molecule is CC(C)(C)C1CCc2c(C(=O)NNC(=O)C3CCCCC3C(=O)O)csc2C1. The number of carboxylic acid groups (broad SMARTS) is 1. The summed E-state index contributed by atoms with van der Waals surface area (Å²) in [6.07, 6.45) is 5.64. The summed E-state index contributed by atoms with van der Waals surface area (Å²) in [5, 5.41) is 11.2. The van der Waals surface area contributed by atoms with Crippen molar-refractivity contribution in [3.63, 3.8) is 0 Å². The summed E-state index contributed by atoms with van der Waals surface area (Å²) in [5.41, 5.74) is 6.95. The Labute approximate surface area is 170 Å². The van der Waals surface area contributed by atoms with Crippen molar-refractivity contribution in [2.45, 2.75) is 65.7 Å². The second-order valence-electron chi connectivity index (χ2n) is 9.14. The fraction of sp³-hybridized carbons (Fsp3) is 0.667. The zero-order valence-electron chi connectivity index (χ0n) is 16.8. The minimum Gasteiger partial charge on any atom is -0.481 e. The lowest BCUT2D eigenvalue weighted by molar-refractivity contribution is -0.149. The number of hydrogen-bond donors (Lipinski definition) is 3. The number of amides is 2. The molecule has 1 heterocycles. The maximum absolute atomic E-state index is 12.6. The average molecular weight is 407 g/mol. The predicted molar refractivity (Wildman–Crippen MR) is 108 cm³/mol. The normalized spacial score (nSPS) is 24.9. The summed E-state index contributed by atoms with van der Waals surface area (Å²) in [4.78, 5) is 37.7. The van der Waals surface area contributed by atoms with Crippen LogP contribution in [-0.2, 0) is 22.4 Å². The first-order valence-corrected chi connectivity index (χ1v) is 11.0. The average Bonchev–Trinajstić information content (AvgIpc) is 3.08. The number of aliphatic carboxylic acids is 1. The number of hydrogen-bond acceptors (Lipinski definition) is 4. The molecule has 3 N–H and O–H groups in total. The van der Waals surface area contributed by atoms with Gasteiger partial charge in [0.1, 0.15) is 0 Å². The molecule has 7 heteroatoms. The molecule has 0 radical (unpaired) electrons. The van der Waals surface area contributed by atoms with E-state index in [4.69, 9.17) is 0 Å². The van der Waals surface area contributed by atoms with Crippen LogP contribution in [-0.4, -0.2) is 22.9 Å². The molecule has 1 saturated carbocycles. The first-order chi connectivity index (χ1) is 13.2. The van der Waals surface area contributed by atoms with Gasteiger partial charge >= 0.3 is 5.97 Å². The van der Waals surface area contributed by atoms with Gasteiger partial charge in [-0.1, -0.05) is 33.6 Å². The highest BCUT2D eigenvalue weighted by atomic mass is 32.1. The molecule has 0 spiro atoms. The summed E-state index contributed by atoms with van der Waals surface area (Å²) in [6, 6.07) is 0. The van der Waals surface area contributed by atoms with Crippen molar-refractivity contribution in [3.05, 3.63) is 21.4 Å². The third-order valence-electron chi connectivity index (χ3n) is 6.34. The molecule has 1 fully saturated rings. The molecule has 0 bridgehead atoms.